The first-order valence-corrected chi connectivity index (χ1v) is 12.8. The smallest absolute Gasteiger partial charge is 0.0942 e. The molecule has 0 aromatic heterocycles. The van der Waals surface area contributed by atoms with Crippen LogP contribution in [0.2, 0.25) is 0 Å². The van der Waals surface area contributed by atoms with Crippen molar-refractivity contribution in [1.82, 2.24) is 0 Å². The van der Waals surface area contributed by atoms with E-state index in [1.165, 1.54) is 64.2 Å². The molecular formula is C18H35Cl3S2. The van der Waals surface area contributed by atoms with Crippen LogP contribution in [0.15, 0.2) is 0 Å². The lowest BCUT2D eigenvalue weighted by molar-refractivity contribution is 0.386. The van der Waals surface area contributed by atoms with Crippen molar-refractivity contribution in [2.24, 2.45) is 5.92 Å². The van der Waals surface area contributed by atoms with Crippen LogP contribution in [0, 0.1) is 5.92 Å². The first kappa shape index (κ1) is 24.6. The highest BCUT2D eigenvalue weighted by atomic mass is 35.6. The van der Waals surface area contributed by atoms with Crippen molar-refractivity contribution < 1.29 is 0 Å². The van der Waals surface area contributed by atoms with Crippen LogP contribution in [-0.4, -0.2) is 14.8 Å². The largest absolute Gasteiger partial charge is 0.191 e. The van der Waals surface area contributed by atoms with E-state index in [0.717, 1.165) is 5.75 Å². The SMILES string of the molecule is CCCCCCC(CCCCCC)C(CC(Cl)(Cl)Cl)SSCC. The number of hydrogen-bond acceptors (Lipinski definition) is 2. The quantitative estimate of drug-likeness (QED) is 0.147. The number of hydrogen-bond donors (Lipinski definition) is 0. The molecule has 0 aromatic carbocycles. The van der Waals surface area contributed by atoms with Crippen LogP contribution >= 0.6 is 56.4 Å². The molecule has 0 bridgehead atoms. The van der Waals surface area contributed by atoms with Gasteiger partial charge in [0.25, 0.3) is 0 Å². The normalized spacial score (nSPS) is 13.7. The van der Waals surface area contributed by atoms with Gasteiger partial charge in [0.15, 0.2) is 3.79 Å². The minimum atomic E-state index is -1.13. The second-order valence-electron chi connectivity index (χ2n) is 6.32. The van der Waals surface area contributed by atoms with Gasteiger partial charge < -0.3 is 0 Å². The zero-order chi connectivity index (χ0) is 17.6. The lowest BCUT2D eigenvalue weighted by atomic mass is 9.90. The van der Waals surface area contributed by atoms with E-state index in [1.807, 2.05) is 21.6 Å². The van der Waals surface area contributed by atoms with Crippen LogP contribution in [0.1, 0.15) is 91.4 Å². The number of rotatable bonds is 15. The van der Waals surface area contributed by atoms with Crippen molar-refractivity contribution in [2.75, 3.05) is 5.75 Å². The van der Waals surface area contributed by atoms with Crippen molar-refractivity contribution in [3.05, 3.63) is 0 Å². The molecule has 23 heavy (non-hydrogen) atoms. The van der Waals surface area contributed by atoms with Gasteiger partial charge in [0.1, 0.15) is 0 Å². The lowest BCUT2D eigenvalue weighted by Gasteiger charge is -2.29. The van der Waals surface area contributed by atoms with Crippen molar-refractivity contribution in [1.29, 1.82) is 0 Å². The fourth-order valence-electron chi connectivity index (χ4n) is 2.85. The Bertz CT molecular complexity index is 245. The van der Waals surface area contributed by atoms with E-state index < -0.39 is 3.79 Å². The number of alkyl halides is 3. The first-order chi connectivity index (χ1) is 10.9. The molecule has 1 atom stereocenters. The molecule has 0 spiro atoms. The highest BCUT2D eigenvalue weighted by Gasteiger charge is 2.31. The third-order valence-corrected chi connectivity index (χ3v) is 7.62. The summed E-state index contributed by atoms with van der Waals surface area (Å²) in [5, 5.41) is 0.454. The summed E-state index contributed by atoms with van der Waals surface area (Å²) in [6.45, 7) is 6.73. The van der Waals surface area contributed by atoms with Gasteiger partial charge in [0.2, 0.25) is 0 Å². The highest BCUT2D eigenvalue weighted by molar-refractivity contribution is 8.76. The molecule has 1 unspecified atom stereocenters. The summed E-state index contributed by atoms with van der Waals surface area (Å²) in [5.74, 6) is 1.79. The van der Waals surface area contributed by atoms with E-state index in [2.05, 4.69) is 20.8 Å². The van der Waals surface area contributed by atoms with Gasteiger partial charge in [-0.3, -0.25) is 0 Å². The van der Waals surface area contributed by atoms with Crippen molar-refractivity contribution >= 4 is 56.4 Å². The summed E-state index contributed by atoms with van der Waals surface area (Å²) < 4.78 is -1.13. The monoisotopic (exact) mass is 420 g/mol. The molecule has 0 aromatic rings. The maximum absolute atomic E-state index is 6.13. The van der Waals surface area contributed by atoms with Gasteiger partial charge in [0.05, 0.1) is 0 Å². The molecule has 0 heterocycles. The summed E-state index contributed by atoms with van der Waals surface area (Å²) in [5.41, 5.74) is 0. The van der Waals surface area contributed by atoms with Crippen molar-refractivity contribution in [2.45, 2.75) is 100 Å². The average molecular weight is 422 g/mol. The maximum atomic E-state index is 6.13. The molecule has 0 N–H and O–H groups in total. The Morgan fingerprint density at radius 3 is 1.70 bits per heavy atom. The summed E-state index contributed by atoms with van der Waals surface area (Å²) in [6.07, 6.45) is 13.8. The molecular weight excluding hydrogens is 387 g/mol. The van der Waals surface area contributed by atoms with Gasteiger partial charge in [-0.15, -0.1) is 0 Å². The second-order valence-corrected chi connectivity index (χ2v) is 11.7. The van der Waals surface area contributed by atoms with Crippen LogP contribution < -0.4 is 0 Å². The Morgan fingerprint density at radius 2 is 1.30 bits per heavy atom. The topological polar surface area (TPSA) is 0 Å². The minimum Gasteiger partial charge on any atom is -0.0942 e. The van der Waals surface area contributed by atoms with Gasteiger partial charge in [-0.05, 0) is 18.8 Å². The lowest BCUT2D eigenvalue weighted by Crippen LogP contribution is -2.23. The van der Waals surface area contributed by atoms with E-state index in [0.29, 0.717) is 17.6 Å². The van der Waals surface area contributed by atoms with E-state index in [-0.39, 0.29) is 0 Å². The summed E-state index contributed by atoms with van der Waals surface area (Å²) in [7, 11) is 3.86. The minimum absolute atomic E-state index is 0.454. The number of halogens is 3. The Labute approximate surface area is 167 Å². The third-order valence-electron chi connectivity index (χ3n) is 4.12. The van der Waals surface area contributed by atoms with E-state index >= 15 is 0 Å². The van der Waals surface area contributed by atoms with Crippen LogP contribution in [0.25, 0.3) is 0 Å². The molecule has 5 heteroatoms. The van der Waals surface area contributed by atoms with E-state index in [4.69, 9.17) is 34.8 Å². The Kier molecular flexibility index (Phi) is 16.9. The van der Waals surface area contributed by atoms with E-state index in [1.54, 1.807) is 0 Å². The molecule has 0 saturated carbocycles. The molecule has 140 valence electrons. The van der Waals surface area contributed by atoms with Gasteiger partial charge in [-0.1, -0.05) is 129 Å². The average Bonchev–Trinajstić information content (AvgIpc) is 2.49. The second kappa shape index (κ2) is 15.8. The molecule has 0 aliphatic carbocycles. The fraction of sp³-hybridized carbons (Fsp3) is 1.00. The van der Waals surface area contributed by atoms with Crippen molar-refractivity contribution in [3.8, 4) is 0 Å². The van der Waals surface area contributed by atoms with Gasteiger partial charge >= 0.3 is 0 Å². The predicted molar refractivity (Wildman–Crippen MR) is 115 cm³/mol. The van der Waals surface area contributed by atoms with Crippen LogP contribution in [0.4, 0.5) is 0 Å². The molecule has 0 aliphatic rings. The molecule has 0 rings (SSSR count). The Balaban J connectivity index is 4.59. The predicted octanol–water partition coefficient (Wildman–Crippen LogP) is 9.07. The van der Waals surface area contributed by atoms with Crippen LogP contribution in [0.3, 0.4) is 0 Å². The van der Waals surface area contributed by atoms with Crippen LogP contribution in [0.5, 0.6) is 0 Å². The molecule has 0 radical (unpaired) electrons. The van der Waals surface area contributed by atoms with Gasteiger partial charge in [0, 0.05) is 17.4 Å². The first-order valence-electron chi connectivity index (χ1n) is 9.29. The highest BCUT2D eigenvalue weighted by Crippen LogP contribution is 2.44. The molecule has 0 fully saturated rings. The summed E-state index contributed by atoms with van der Waals surface area (Å²) >= 11 is 18.4. The summed E-state index contributed by atoms with van der Waals surface area (Å²) in [4.78, 5) is 0. The maximum Gasteiger partial charge on any atom is 0.191 e. The molecule has 0 saturated heterocycles. The molecule has 0 aliphatic heterocycles. The summed E-state index contributed by atoms with van der Waals surface area (Å²) in [6, 6.07) is 0. The standard InChI is InChI=1S/C18H35Cl3S2/c1-4-7-9-11-13-16(14-12-10-8-5-2)17(23-22-6-3)15-18(19,20)21/h16-17H,4-15H2,1-3H3. The van der Waals surface area contributed by atoms with Crippen molar-refractivity contribution in [3.63, 3.8) is 0 Å². The Morgan fingerprint density at radius 1 is 0.783 bits per heavy atom. The van der Waals surface area contributed by atoms with Gasteiger partial charge in [-0.25, -0.2) is 0 Å². The fourth-order valence-corrected chi connectivity index (χ4v) is 6.29. The van der Waals surface area contributed by atoms with E-state index in [9.17, 15) is 0 Å². The van der Waals surface area contributed by atoms with Gasteiger partial charge in [-0.2, -0.15) is 0 Å². The molecule has 0 amide bonds. The zero-order valence-electron chi connectivity index (χ0n) is 15.1. The number of unbranched alkanes of at least 4 members (excludes halogenated alkanes) is 6. The molecule has 0 nitrogen and oxygen atoms in total. The van der Waals surface area contributed by atoms with Crippen LogP contribution in [-0.2, 0) is 0 Å². The third kappa shape index (κ3) is 15.5. The Hall–Kier alpha value is 1.57. The zero-order valence-corrected chi connectivity index (χ0v) is 19.0.